The molecule has 1 saturated heterocycles. The number of hydrogen-bond donors (Lipinski definition) is 2. The summed E-state index contributed by atoms with van der Waals surface area (Å²) in [5.74, 6) is 0.174. The van der Waals surface area contributed by atoms with E-state index < -0.39 is 0 Å². The van der Waals surface area contributed by atoms with E-state index in [1.54, 1.807) is 11.3 Å². The van der Waals surface area contributed by atoms with Crippen LogP contribution in [0.15, 0.2) is 35.7 Å². The Kier molecular flexibility index (Phi) is 4.60. The summed E-state index contributed by atoms with van der Waals surface area (Å²) in [6.45, 7) is 0.234. The van der Waals surface area contributed by atoms with Crippen LogP contribution in [0, 0.1) is 5.92 Å². The van der Waals surface area contributed by atoms with Gasteiger partial charge in [0, 0.05) is 22.9 Å². The highest BCUT2D eigenvalue weighted by molar-refractivity contribution is 7.13. The Hall–Kier alpha value is -1.76. The molecule has 2 N–H and O–H groups in total. The van der Waals surface area contributed by atoms with Crippen molar-refractivity contribution < 1.29 is 9.53 Å². The second kappa shape index (κ2) is 7.01. The third-order valence-corrected chi connectivity index (χ3v) is 5.80. The summed E-state index contributed by atoms with van der Waals surface area (Å²) in [5.41, 5.74) is 8.27. The number of fused-ring (bicyclic) bond motifs is 1. The SMILES string of the molecule is O=C(OCc1csc(-c2ccccc2)n1)C1NNC2CCCCC21. The molecule has 2 fully saturated rings. The van der Waals surface area contributed by atoms with Gasteiger partial charge in [-0.15, -0.1) is 11.3 Å². The predicted molar refractivity (Wildman–Crippen MR) is 93.2 cm³/mol. The number of hydrazine groups is 1. The average molecular weight is 343 g/mol. The molecule has 3 atom stereocenters. The third-order valence-electron chi connectivity index (χ3n) is 4.86. The Balaban J connectivity index is 1.35. The highest BCUT2D eigenvalue weighted by atomic mass is 32.1. The first kappa shape index (κ1) is 15.7. The molecule has 1 aliphatic heterocycles. The number of esters is 1. The molecule has 3 unspecified atom stereocenters. The normalized spacial score (nSPS) is 26.1. The maximum absolute atomic E-state index is 12.4. The number of carbonyl (C=O) groups excluding carboxylic acids is 1. The summed E-state index contributed by atoms with van der Waals surface area (Å²) in [6, 6.07) is 10.2. The molecule has 1 saturated carbocycles. The van der Waals surface area contributed by atoms with Gasteiger partial charge in [0.2, 0.25) is 0 Å². The topological polar surface area (TPSA) is 63.2 Å². The van der Waals surface area contributed by atoms with Gasteiger partial charge in [-0.05, 0) is 12.8 Å². The molecule has 5 nitrogen and oxygen atoms in total. The van der Waals surface area contributed by atoms with E-state index in [0.29, 0.717) is 12.0 Å². The van der Waals surface area contributed by atoms with E-state index in [9.17, 15) is 4.79 Å². The van der Waals surface area contributed by atoms with Gasteiger partial charge >= 0.3 is 5.97 Å². The zero-order valence-electron chi connectivity index (χ0n) is 13.4. The van der Waals surface area contributed by atoms with Crippen LogP contribution < -0.4 is 10.9 Å². The van der Waals surface area contributed by atoms with E-state index in [1.165, 1.54) is 12.8 Å². The number of nitrogens with zero attached hydrogens (tertiary/aromatic N) is 1. The fourth-order valence-electron chi connectivity index (χ4n) is 3.60. The molecule has 1 aromatic heterocycles. The van der Waals surface area contributed by atoms with Crippen molar-refractivity contribution in [1.82, 2.24) is 15.8 Å². The van der Waals surface area contributed by atoms with Crippen LogP contribution in [0.25, 0.3) is 10.6 Å². The third kappa shape index (κ3) is 3.22. The Bertz CT molecular complexity index is 703. The fraction of sp³-hybridized carbons (Fsp3) is 0.444. The van der Waals surface area contributed by atoms with Gasteiger partial charge in [0.05, 0.1) is 5.69 Å². The highest BCUT2D eigenvalue weighted by Crippen LogP contribution is 2.30. The molecule has 2 aromatic rings. The van der Waals surface area contributed by atoms with Crippen molar-refractivity contribution in [3.8, 4) is 10.6 Å². The number of aromatic nitrogens is 1. The summed E-state index contributed by atoms with van der Waals surface area (Å²) in [5, 5.41) is 2.91. The first-order chi connectivity index (χ1) is 11.8. The molecular weight excluding hydrogens is 322 g/mol. The van der Waals surface area contributed by atoms with Crippen LogP contribution in [-0.4, -0.2) is 23.0 Å². The molecule has 2 aliphatic rings. The number of thiazole rings is 1. The Morgan fingerprint density at radius 1 is 1.21 bits per heavy atom. The lowest BCUT2D eigenvalue weighted by molar-refractivity contribution is -0.148. The number of hydrogen-bond acceptors (Lipinski definition) is 6. The molecule has 0 spiro atoms. The van der Waals surface area contributed by atoms with Crippen molar-refractivity contribution in [2.45, 2.75) is 44.4 Å². The molecule has 0 bridgehead atoms. The minimum atomic E-state index is -0.234. The van der Waals surface area contributed by atoms with Gasteiger partial charge in [-0.25, -0.2) is 10.4 Å². The molecular formula is C18H21N3O2S. The molecule has 0 radical (unpaired) electrons. The molecule has 4 rings (SSSR count). The molecule has 1 aliphatic carbocycles. The van der Waals surface area contributed by atoms with Crippen LogP contribution in [-0.2, 0) is 16.1 Å². The van der Waals surface area contributed by atoms with Crippen molar-refractivity contribution in [1.29, 1.82) is 0 Å². The number of rotatable bonds is 4. The highest BCUT2D eigenvalue weighted by Gasteiger charge is 2.41. The predicted octanol–water partition coefficient (Wildman–Crippen LogP) is 2.89. The van der Waals surface area contributed by atoms with E-state index in [1.807, 2.05) is 35.7 Å². The van der Waals surface area contributed by atoms with Gasteiger partial charge in [0.25, 0.3) is 0 Å². The lowest BCUT2D eigenvalue weighted by Gasteiger charge is -2.26. The van der Waals surface area contributed by atoms with Gasteiger partial charge < -0.3 is 4.74 Å². The lowest BCUT2D eigenvalue weighted by atomic mass is 9.82. The monoisotopic (exact) mass is 343 g/mol. The van der Waals surface area contributed by atoms with Gasteiger partial charge in [-0.1, -0.05) is 43.2 Å². The Morgan fingerprint density at radius 2 is 2.04 bits per heavy atom. The van der Waals surface area contributed by atoms with Gasteiger partial charge in [0.1, 0.15) is 17.7 Å². The molecule has 24 heavy (non-hydrogen) atoms. The molecule has 0 amide bonds. The van der Waals surface area contributed by atoms with Gasteiger partial charge in [0.15, 0.2) is 0 Å². The first-order valence-corrected chi connectivity index (χ1v) is 9.37. The maximum atomic E-state index is 12.4. The van der Waals surface area contributed by atoms with Crippen LogP contribution in [0.5, 0.6) is 0 Å². The van der Waals surface area contributed by atoms with Crippen molar-refractivity contribution >= 4 is 17.3 Å². The van der Waals surface area contributed by atoms with Crippen molar-refractivity contribution in [2.75, 3.05) is 0 Å². The Labute approximate surface area is 145 Å². The van der Waals surface area contributed by atoms with Gasteiger partial charge in [-0.3, -0.25) is 10.2 Å². The van der Waals surface area contributed by atoms with Crippen molar-refractivity contribution in [2.24, 2.45) is 5.92 Å². The average Bonchev–Trinajstić information content (AvgIpc) is 3.27. The number of nitrogens with one attached hydrogen (secondary N) is 2. The molecule has 6 heteroatoms. The van der Waals surface area contributed by atoms with E-state index in [2.05, 4.69) is 15.8 Å². The lowest BCUT2D eigenvalue weighted by Crippen LogP contribution is -2.39. The number of benzene rings is 1. The largest absolute Gasteiger partial charge is 0.458 e. The van der Waals surface area contributed by atoms with E-state index in [4.69, 9.17) is 4.74 Å². The minimum Gasteiger partial charge on any atom is -0.458 e. The van der Waals surface area contributed by atoms with E-state index in [0.717, 1.165) is 29.1 Å². The van der Waals surface area contributed by atoms with Crippen molar-refractivity contribution in [3.05, 3.63) is 41.4 Å². The Morgan fingerprint density at radius 3 is 2.92 bits per heavy atom. The van der Waals surface area contributed by atoms with E-state index >= 15 is 0 Å². The standard InChI is InChI=1S/C18H21N3O2S/c22-18(16-14-8-4-5-9-15(14)20-21-16)23-10-13-11-24-17(19-13)12-6-2-1-3-7-12/h1-3,6-7,11,14-16,20-21H,4-5,8-10H2. The van der Waals surface area contributed by atoms with Gasteiger partial charge in [-0.2, -0.15) is 0 Å². The minimum absolute atomic E-state index is 0.175. The van der Waals surface area contributed by atoms with Crippen LogP contribution in [0.3, 0.4) is 0 Å². The zero-order chi connectivity index (χ0) is 16.4. The molecule has 126 valence electrons. The number of ether oxygens (including phenoxy) is 1. The van der Waals surface area contributed by atoms with E-state index in [-0.39, 0.29) is 18.6 Å². The second-order valence-corrected chi connectivity index (χ2v) is 7.30. The molecule has 2 heterocycles. The summed E-state index contributed by atoms with van der Waals surface area (Å²) in [7, 11) is 0. The maximum Gasteiger partial charge on any atom is 0.325 e. The summed E-state index contributed by atoms with van der Waals surface area (Å²) in [4.78, 5) is 17.0. The first-order valence-electron chi connectivity index (χ1n) is 8.49. The summed E-state index contributed by atoms with van der Waals surface area (Å²) >= 11 is 1.57. The smallest absolute Gasteiger partial charge is 0.325 e. The molecule has 1 aromatic carbocycles. The summed E-state index contributed by atoms with van der Waals surface area (Å²) in [6.07, 6.45) is 4.65. The second-order valence-electron chi connectivity index (χ2n) is 6.44. The summed E-state index contributed by atoms with van der Waals surface area (Å²) < 4.78 is 5.51. The van der Waals surface area contributed by atoms with Crippen LogP contribution in [0.1, 0.15) is 31.4 Å². The quantitative estimate of drug-likeness (QED) is 0.836. The number of carbonyl (C=O) groups is 1. The van der Waals surface area contributed by atoms with Crippen LogP contribution >= 0.6 is 11.3 Å². The van der Waals surface area contributed by atoms with Crippen molar-refractivity contribution in [3.63, 3.8) is 0 Å². The zero-order valence-corrected chi connectivity index (χ0v) is 14.2. The fourth-order valence-corrected chi connectivity index (χ4v) is 4.41. The van der Waals surface area contributed by atoms with Crippen LogP contribution in [0.2, 0.25) is 0 Å². The van der Waals surface area contributed by atoms with Crippen LogP contribution in [0.4, 0.5) is 0 Å².